The van der Waals surface area contributed by atoms with Crippen molar-refractivity contribution >= 4 is 17.2 Å². The van der Waals surface area contributed by atoms with Gasteiger partial charge in [-0.25, -0.2) is 0 Å². The van der Waals surface area contributed by atoms with Crippen LogP contribution in [0.3, 0.4) is 0 Å². The number of thiazole rings is 1. The minimum atomic E-state index is -0.979. The number of rotatable bonds is 3. The number of nitrogens with one attached hydrogen (secondary N) is 1. The topological polar surface area (TPSA) is 62.2 Å². The number of amides is 1. The molecular weight excluding hydrogens is 212 g/mol. The first-order valence-electron chi connectivity index (χ1n) is 4.67. The molecule has 0 saturated carbocycles. The number of carbonyl (C=O) groups excluding carboxylic acids is 1. The lowest BCUT2D eigenvalue weighted by atomic mass is 9.86. The molecule has 0 radical (unpaired) electrons. The van der Waals surface area contributed by atoms with Crippen LogP contribution in [0.5, 0.6) is 0 Å². The number of nitrogens with zero attached hydrogens (tertiary/aromatic N) is 1. The molecule has 0 aromatic carbocycles. The van der Waals surface area contributed by atoms with Crippen LogP contribution < -0.4 is 5.32 Å². The lowest BCUT2D eigenvalue weighted by Crippen LogP contribution is -2.57. The summed E-state index contributed by atoms with van der Waals surface area (Å²) in [4.78, 5) is 16.1. The van der Waals surface area contributed by atoms with Gasteiger partial charge < -0.3 is 10.4 Å². The van der Waals surface area contributed by atoms with E-state index in [-0.39, 0.29) is 5.91 Å². The molecule has 1 amide bonds. The van der Waals surface area contributed by atoms with Crippen molar-refractivity contribution in [2.75, 3.05) is 0 Å². The Balaban J connectivity index is 2.75. The van der Waals surface area contributed by atoms with Gasteiger partial charge in [-0.2, -0.15) is 0 Å². The van der Waals surface area contributed by atoms with Crippen LogP contribution in [0, 0.1) is 0 Å². The Morgan fingerprint density at radius 2 is 2.07 bits per heavy atom. The second kappa shape index (κ2) is 3.90. The van der Waals surface area contributed by atoms with E-state index in [2.05, 4.69) is 10.3 Å². The normalized spacial score (nSPS) is 12.6. The minimum absolute atomic E-state index is 0.204. The van der Waals surface area contributed by atoms with Gasteiger partial charge in [0.05, 0.1) is 22.8 Å². The molecular formula is C10H16N2O2S. The Kier molecular flexibility index (Phi) is 3.16. The molecule has 1 aromatic heterocycles. The summed E-state index contributed by atoms with van der Waals surface area (Å²) in [5, 5.41) is 12.6. The van der Waals surface area contributed by atoms with E-state index in [1.165, 1.54) is 17.5 Å². The average molecular weight is 228 g/mol. The third-order valence-corrected chi connectivity index (χ3v) is 3.38. The quantitative estimate of drug-likeness (QED) is 0.822. The molecule has 0 fully saturated rings. The van der Waals surface area contributed by atoms with Gasteiger partial charge in [-0.15, -0.1) is 11.3 Å². The smallest absolute Gasteiger partial charge is 0.263 e. The first kappa shape index (κ1) is 12.1. The highest BCUT2D eigenvalue weighted by molar-refractivity contribution is 7.11. The molecule has 2 N–H and O–H groups in total. The van der Waals surface area contributed by atoms with Gasteiger partial charge in [-0.1, -0.05) is 0 Å². The molecule has 1 heterocycles. The Labute approximate surface area is 93.4 Å². The molecule has 0 aliphatic carbocycles. The lowest BCUT2D eigenvalue weighted by molar-refractivity contribution is -0.00285. The molecule has 4 nitrogen and oxygen atoms in total. The highest BCUT2D eigenvalue weighted by atomic mass is 32.1. The minimum Gasteiger partial charge on any atom is -0.388 e. The van der Waals surface area contributed by atoms with Gasteiger partial charge in [0.2, 0.25) is 0 Å². The standard InChI is InChI=1S/C10H16N2O2S/c1-9(2,10(3,4)14)12-8(13)7-5-11-6-15-7/h5-6,14H,1-4H3,(H,12,13). The monoisotopic (exact) mass is 228 g/mol. The molecule has 0 bridgehead atoms. The van der Waals surface area contributed by atoms with Crippen LogP contribution in [-0.2, 0) is 0 Å². The molecule has 0 spiro atoms. The van der Waals surface area contributed by atoms with E-state index in [1.807, 2.05) is 0 Å². The Morgan fingerprint density at radius 1 is 1.47 bits per heavy atom. The molecule has 15 heavy (non-hydrogen) atoms. The summed E-state index contributed by atoms with van der Waals surface area (Å²) in [5.41, 5.74) is -0.0621. The predicted octanol–water partition coefficient (Wildman–Crippen LogP) is 1.42. The van der Waals surface area contributed by atoms with Crippen molar-refractivity contribution < 1.29 is 9.90 Å². The molecule has 0 atom stereocenters. The lowest BCUT2D eigenvalue weighted by Gasteiger charge is -2.37. The maximum atomic E-state index is 11.7. The summed E-state index contributed by atoms with van der Waals surface area (Å²) < 4.78 is 0. The highest BCUT2D eigenvalue weighted by Crippen LogP contribution is 2.21. The van der Waals surface area contributed by atoms with Crippen LogP contribution in [0.2, 0.25) is 0 Å². The van der Waals surface area contributed by atoms with Crippen LogP contribution in [0.1, 0.15) is 37.4 Å². The number of aromatic nitrogens is 1. The van der Waals surface area contributed by atoms with Gasteiger partial charge in [-0.05, 0) is 27.7 Å². The second-order valence-corrected chi connectivity index (χ2v) is 5.39. The SMILES string of the molecule is CC(C)(O)C(C)(C)NC(=O)c1cncs1. The van der Waals surface area contributed by atoms with Gasteiger partial charge in [-0.3, -0.25) is 9.78 Å². The molecule has 0 aliphatic heterocycles. The molecule has 1 rings (SSSR count). The summed E-state index contributed by atoms with van der Waals surface area (Å²) in [6.45, 7) is 6.90. The van der Waals surface area contributed by atoms with Crippen molar-refractivity contribution in [2.45, 2.75) is 38.8 Å². The molecule has 0 aliphatic rings. The van der Waals surface area contributed by atoms with E-state index in [9.17, 15) is 9.90 Å². The van der Waals surface area contributed by atoms with Gasteiger partial charge in [0, 0.05) is 0 Å². The fourth-order valence-corrected chi connectivity index (χ4v) is 1.34. The fraction of sp³-hybridized carbons (Fsp3) is 0.600. The number of hydrogen-bond donors (Lipinski definition) is 2. The maximum Gasteiger partial charge on any atom is 0.263 e. The van der Waals surface area contributed by atoms with E-state index < -0.39 is 11.1 Å². The van der Waals surface area contributed by atoms with Crippen LogP contribution >= 0.6 is 11.3 Å². The third kappa shape index (κ3) is 2.76. The van der Waals surface area contributed by atoms with Crippen molar-refractivity contribution in [3.63, 3.8) is 0 Å². The van der Waals surface area contributed by atoms with Crippen molar-refractivity contribution in [1.29, 1.82) is 0 Å². The fourth-order valence-electron chi connectivity index (χ4n) is 0.826. The van der Waals surface area contributed by atoms with Crippen LogP contribution in [0.4, 0.5) is 0 Å². The van der Waals surface area contributed by atoms with E-state index in [0.717, 1.165) is 0 Å². The van der Waals surface area contributed by atoms with E-state index >= 15 is 0 Å². The van der Waals surface area contributed by atoms with Gasteiger partial charge in [0.1, 0.15) is 4.88 Å². The summed E-state index contributed by atoms with van der Waals surface area (Å²) in [6.07, 6.45) is 1.51. The Hall–Kier alpha value is -0.940. The third-order valence-electron chi connectivity index (χ3n) is 2.61. The van der Waals surface area contributed by atoms with Crippen LogP contribution in [0.25, 0.3) is 0 Å². The van der Waals surface area contributed by atoms with Crippen LogP contribution in [0.15, 0.2) is 11.7 Å². The maximum absolute atomic E-state index is 11.7. The zero-order valence-corrected chi connectivity index (χ0v) is 10.2. The predicted molar refractivity (Wildman–Crippen MR) is 60.0 cm³/mol. The van der Waals surface area contributed by atoms with Crippen molar-refractivity contribution in [2.24, 2.45) is 0 Å². The van der Waals surface area contributed by atoms with E-state index in [0.29, 0.717) is 4.88 Å². The first-order valence-corrected chi connectivity index (χ1v) is 5.55. The van der Waals surface area contributed by atoms with Crippen LogP contribution in [-0.4, -0.2) is 27.1 Å². The summed E-state index contributed by atoms with van der Waals surface area (Å²) in [6, 6.07) is 0. The Bertz CT molecular complexity index is 339. The first-order chi connectivity index (χ1) is 6.74. The number of hydrogen-bond acceptors (Lipinski definition) is 4. The summed E-state index contributed by atoms with van der Waals surface area (Å²) in [7, 11) is 0. The average Bonchev–Trinajstić information content (AvgIpc) is 2.51. The molecule has 84 valence electrons. The second-order valence-electron chi connectivity index (χ2n) is 4.50. The van der Waals surface area contributed by atoms with Gasteiger partial charge >= 0.3 is 0 Å². The number of aliphatic hydroxyl groups is 1. The molecule has 0 saturated heterocycles. The highest BCUT2D eigenvalue weighted by Gasteiger charge is 2.36. The van der Waals surface area contributed by atoms with E-state index in [4.69, 9.17) is 0 Å². The zero-order valence-electron chi connectivity index (χ0n) is 9.37. The van der Waals surface area contributed by atoms with Crippen molar-refractivity contribution in [1.82, 2.24) is 10.3 Å². The number of carbonyl (C=O) groups is 1. The van der Waals surface area contributed by atoms with E-state index in [1.54, 1.807) is 33.2 Å². The zero-order chi connectivity index (χ0) is 11.7. The largest absolute Gasteiger partial charge is 0.388 e. The van der Waals surface area contributed by atoms with Crippen molar-refractivity contribution in [3.8, 4) is 0 Å². The summed E-state index contributed by atoms with van der Waals surface area (Å²) in [5.74, 6) is -0.204. The van der Waals surface area contributed by atoms with Gasteiger partial charge in [0.15, 0.2) is 0 Å². The van der Waals surface area contributed by atoms with Gasteiger partial charge in [0.25, 0.3) is 5.91 Å². The van der Waals surface area contributed by atoms with Crippen molar-refractivity contribution in [3.05, 3.63) is 16.6 Å². The molecule has 0 unspecified atom stereocenters. The summed E-state index contributed by atoms with van der Waals surface area (Å²) >= 11 is 1.28. The molecule has 1 aromatic rings. The molecule has 5 heteroatoms. The Morgan fingerprint density at radius 3 is 2.47 bits per heavy atom.